The van der Waals surface area contributed by atoms with Crippen LogP contribution in [0.1, 0.15) is 59.1 Å². The zero-order chi connectivity index (χ0) is 14.6. The van der Waals surface area contributed by atoms with E-state index in [0.717, 1.165) is 25.1 Å². The molecule has 1 heterocycles. The highest BCUT2D eigenvalue weighted by atomic mass is 16.5. The van der Waals surface area contributed by atoms with Gasteiger partial charge in [-0.15, -0.1) is 0 Å². The third kappa shape index (κ3) is 4.75. The van der Waals surface area contributed by atoms with Crippen molar-refractivity contribution >= 4 is 0 Å². The third-order valence-electron chi connectivity index (χ3n) is 3.93. The highest BCUT2D eigenvalue weighted by Crippen LogP contribution is 2.36. The molecule has 4 nitrogen and oxygen atoms in total. The van der Waals surface area contributed by atoms with Gasteiger partial charge in [-0.2, -0.15) is 0 Å². The number of aromatic nitrogens is 2. The summed E-state index contributed by atoms with van der Waals surface area (Å²) in [5, 5.41) is 3.35. The lowest BCUT2D eigenvalue weighted by Crippen LogP contribution is -2.28. The molecule has 1 aliphatic carbocycles. The zero-order valence-electron chi connectivity index (χ0n) is 13.1. The van der Waals surface area contributed by atoms with E-state index in [2.05, 4.69) is 43.0 Å². The summed E-state index contributed by atoms with van der Waals surface area (Å²) in [4.78, 5) is 8.76. The van der Waals surface area contributed by atoms with Gasteiger partial charge < -0.3 is 10.1 Å². The van der Waals surface area contributed by atoms with E-state index in [9.17, 15) is 0 Å². The minimum Gasteiger partial charge on any atom is -0.473 e. The Morgan fingerprint density at radius 1 is 1.30 bits per heavy atom. The van der Waals surface area contributed by atoms with Crippen molar-refractivity contribution in [1.29, 1.82) is 0 Å². The van der Waals surface area contributed by atoms with Crippen molar-refractivity contribution in [2.24, 2.45) is 5.41 Å². The number of ether oxygens (including phenoxy) is 1. The van der Waals surface area contributed by atoms with E-state index >= 15 is 0 Å². The highest BCUT2D eigenvalue weighted by molar-refractivity contribution is 5.09. The first-order valence-electron chi connectivity index (χ1n) is 7.65. The molecular formula is C16H27N3O. The van der Waals surface area contributed by atoms with Crippen LogP contribution in [-0.4, -0.2) is 22.1 Å². The Balaban J connectivity index is 1.88. The molecule has 0 atom stereocenters. The quantitative estimate of drug-likeness (QED) is 0.897. The molecule has 0 aromatic carbocycles. The lowest BCUT2D eigenvalue weighted by atomic mass is 9.76. The SMILES string of the molecule is CC(C)NCc1cncc(OC2CCC(C)(C)CC2)n1. The molecule has 0 bridgehead atoms. The second kappa shape index (κ2) is 6.53. The van der Waals surface area contributed by atoms with Crippen molar-refractivity contribution in [3.8, 4) is 5.88 Å². The number of nitrogens with one attached hydrogen (secondary N) is 1. The van der Waals surface area contributed by atoms with Crippen molar-refractivity contribution in [3.05, 3.63) is 18.1 Å². The van der Waals surface area contributed by atoms with Gasteiger partial charge in [0.2, 0.25) is 5.88 Å². The van der Waals surface area contributed by atoms with E-state index < -0.39 is 0 Å². The molecule has 4 heteroatoms. The van der Waals surface area contributed by atoms with Gasteiger partial charge in [0, 0.05) is 18.8 Å². The first kappa shape index (κ1) is 15.2. The molecule has 2 rings (SSSR count). The number of rotatable bonds is 5. The molecule has 1 fully saturated rings. The molecule has 1 aliphatic rings. The van der Waals surface area contributed by atoms with Gasteiger partial charge in [-0.25, -0.2) is 4.98 Å². The summed E-state index contributed by atoms with van der Waals surface area (Å²) in [6.45, 7) is 9.65. The topological polar surface area (TPSA) is 47.0 Å². The molecular weight excluding hydrogens is 250 g/mol. The molecule has 0 radical (unpaired) electrons. The van der Waals surface area contributed by atoms with Gasteiger partial charge >= 0.3 is 0 Å². The van der Waals surface area contributed by atoms with Crippen molar-refractivity contribution in [3.63, 3.8) is 0 Å². The van der Waals surface area contributed by atoms with Crippen LogP contribution in [0.3, 0.4) is 0 Å². The van der Waals surface area contributed by atoms with Gasteiger partial charge in [-0.1, -0.05) is 27.7 Å². The predicted octanol–water partition coefficient (Wildman–Crippen LogP) is 3.32. The Morgan fingerprint density at radius 2 is 2.00 bits per heavy atom. The molecule has 20 heavy (non-hydrogen) atoms. The van der Waals surface area contributed by atoms with Crippen LogP contribution < -0.4 is 10.1 Å². The summed E-state index contributed by atoms with van der Waals surface area (Å²) in [5.74, 6) is 0.665. The minimum atomic E-state index is 0.297. The van der Waals surface area contributed by atoms with Gasteiger partial charge in [0.25, 0.3) is 0 Å². The second-order valence-electron chi connectivity index (χ2n) is 6.87. The number of hydrogen-bond acceptors (Lipinski definition) is 4. The first-order chi connectivity index (χ1) is 9.44. The maximum absolute atomic E-state index is 5.99. The summed E-state index contributed by atoms with van der Waals surface area (Å²) >= 11 is 0. The van der Waals surface area contributed by atoms with Crippen molar-refractivity contribution in [2.45, 2.75) is 72.1 Å². The van der Waals surface area contributed by atoms with E-state index in [-0.39, 0.29) is 0 Å². The molecule has 1 aromatic heterocycles. The molecule has 0 unspecified atom stereocenters. The van der Waals surface area contributed by atoms with Gasteiger partial charge in [0.05, 0.1) is 11.9 Å². The van der Waals surface area contributed by atoms with Crippen LogP contribution in [0, 0.1) is 5.41 Å². The lowest BCUT2D eigenvalue weighted by Gasteiger charge is -2.34. The van der Waals surface area contributed by atoms with Crippen LogP contribution in [0.15, 0.2) is 12.4 Å². The van der Waals surface area contributed by atoms with Gasteiger partial charge in [0.1, 0.15) is 6.10 Å². The van der Waals surface area contributed by atoms with Crippen molar-refractivity contribution in [1.82, 2.24) is 15.3 Å². The van der Waals surface area contributed by atoms with Gasteiger partial charge in [-0.05, 0) is 31.1 Å². The average molecular weight is 277 g/mol. The van der Waals surface area contributed by atoms with Crippen molar-refractivity contribution < 1.29 is 4.74 Å². The maximum atomic E-state index is 5.99. The number of hydrogen-bond donors (Lipinski definition) is 1. The molecule has 0 amide bonds. The van der Waals surface area contributed by atoms with E-state index in [1.165, 1.54) is 12.8 Å². The Morgan fingerprint density at radius 3 is 2.65 bits per heavy atom. The predicted molar refractivity (Wildman–Crippen MR) is 80.7 cm³/mol. The van der Waals surface area contributed by atoms with Crippen molar-refractivity contribution in [2.75, 3.05) is 0 Å². The Hall–Kier alpha value is -1.16. The summed E-state index contributed by atoms with van der Waals surface area (Å²) in [6.07, 6.45) is 8.49. The fraction of sp³-hybridized carbons (Fsp3) is 0.750. The first-order valence-corrected chi connectivity index (χ1v) is 7.65. The summed E-state index contributed by atoms with van der Waals surface area (Å²) < 4.78 is 5.99. The molecule has 112 valence electrons. The highest BCUT2D eigenvalue weighted by Gasteiger charge is 2.28. The fourth-order valence-electron chi connectivity index (χ4n) is 2.50. The molecule has 1 saturated carbocycles. The average Bonchev–Trinajstić information content (AvgIpc) is 2.39. The van der Waals surface area contributed by atoms with Gasteiger partial charge in [0.15, 0.2) is 0 Å². The van der Waals surface area contributed by atoms with E-state index in [0.29, 0.717) is 23.4 Å². The van der Waals surface area contributed by atoms with E-state index in [1.54, 1.807) is 12.4 Å². The summed E-state index contributed by atoms with van der Waals surface area (Å²) in [7, 11) is 0. The Labute approximate surface area is 122 Å². The fourth-order valence-corrected chi connectivity index (χ4v) is 2.50. The zero-order valence-corrected chi connectivity index (χ0v) is 13.1. The Kier molecular flexibility index (Phi) is 4.97. The summed E-state index contributed by atoms with van der Waals surface area (Å²) in [6, 6.07) is 0.446. The summed E-state index contributed by atoms with van der Waals surface area (Å²) in [5.41, 5.74) is 1.40. The molecule has 1 aromatic rings. The van der Waals surface area contributed by atoms with Crippen LogP contribution in [-0.2, 0) is 6.54 Å². The Bertz CT molecular complexity index is 421. The van der Waals surface area contributed by atoms with Gasteiger partial charge in [-0.3, -0.25) is 4.98 Å². The molecule has 0 aliphatic heterocycles. The van der Waals surface area contributed by atoms with Crippen LogP contribution in [0.5, 0.6) is 5.88 Å². The third-order valence-corrected chi connectivity index (χ3v) is 3.93. The van der Waals surface area contributed by atoms with Crippen LogP contribution in [0.2, 0.25) is 0 Å². The van der Waals surface area contributed by atoms with Crippen LogP contribution in [0.4, 0.5) is 0 Å². The maximum Gasteiger partial charge on any atom is 0.232 e. The van der Waals surface area contributed by atoms with E-state index in [1.807, 2.05) is 0 Å². The van der Waals surface area contributed by atoms with Crippen LogP contribution in [0.25, 0.3) is 0 Å². The normalized spacial score (nSPS) is 19.2. The molecule has 0 saturated heterocycles. The number of nitrogens with zero attached hydrogens (tertiary/aromatic N) is 2. The minimum absolute atomic E-state index is 0.297. The largest absolute Gasteiger partial charge is 0.473 e. The van der Waals surface area contributed by atoms with Crippen LogP contribution >= 0.6 is 0 Å². The molecule has 1 N–H and O–H groups in total. The lowest BCUT2D eigenvalue weighted by molar-refractivity contribution is 0.0943. The monoisotopic (exact) mass is 277 g/mol. The van der Waals surface area contributed by atoms with E-state index in [4.69, 9.17) is 4.74 Å². The second-order valence-corrected chi connectivity index (χ2v) is 6.87. The smallest absolute Gasteiger partial charge is 0.232 e. The molecule has 0 spiro atoms. The standard InChI is InChI=1S/C16H27N3O/c1-12(2)18-10-13-9-17-11-15(19-13)20-14-5-7-16(3,4)8-6-14/h9,11-12,14,18H,5-8,10H2,1-4H3.